The fourth-order valence-electron chi connectivity index (χ4n) is 2.91. The summed E-state index contributed by atoms with van der Waals surface area (Å²) in [5.74, 6) is -0.125. The highest BCUT2D eigenvalue weighted by Crippen LogP contribution is 2.25. The van der Waals surface area contributed by atoms with Crippen LogP contribution in [0.15, 0.2) is 27.7 Å². The van der Waals surface area contributed by atoms with Gasteiger partial charge in [0.25, 0.3) is 5.56 Å². The van der Waals surface area contributed by atoms with Crippen LogP contribution in [0.3, 0.4) is 0 Å². The smallest absolute Gasteiger partial charge is 0.261 e. The number of piperidine rings is 1. The van der Waals surface area contributed by atoms with Gasteiger partial charge in [-0.1, -0.05) is 11.6 Å². The van der Waals surface area contributed by atoms with E-state index in [4.69, 9.17) is 11.6 Å². The molecule has 8 heteroatoms. The van der Waals surface area contributed by atoms with E-state index in [9.17, 15) is 14.7 Å². The van der Waals surface area contributed by atoms with Crippen LogP contribution in [-0.2, 0) is 11.3 Å². The van der Waals surface area contributed by atoms with Crippen LogP contribution in [0.2, 0.25) is 5.02 Å². The molecule has 0 bridgehead atoms. The van der Waals surface area contributed by atoms with E-state index in [1.165, 1.54) is 10.9 Å². The number of benzene rings is 1. The highest BCUT2D eigenvalue weighted by molar-refractivity contribution is 9.10. The lowest BCUT2D eigenvalue weighted by atomic mass is 9.97. The number of aromatic nitrogens is 2. The van der Waals surface area contributed by atoms with Crippen LogP contribution in [0.25, 0.3) is 10.9 Å². The maximum absolute atomic E-state index is 12.5. The summed E-state index contributed by atoms with van der Waals surface area (Å²) in [5.41, 5.74) is 0.212. The Kier molecular flexibility index (Phi) is 5.34. The van der Waals surface area contributed by atoms with Gasteiger partial charge in [0.05, 0.1) is 34.9 Å². The summed E-state index contributed by atoms with van der Waals surface area (Å²) >= 11 is 9.33. The van der Waals surface area contributed by atoms with Crippen LogP contribution in [0.5, 0.6) is 0 Å². The number of carbonyl (C=O) groups excluding carboxylic acids is 1. The SMILES string of the molecule is O=C(C[C@@H]1NCCCC1O)Cn1cnc2cc(Br)c(Cl)cc2c1=O. The Hall–Kier alpha value is -1.28. The highest BCUT2D eigenvalue weighted by atomic mass is 79.9. The largest absolute Gasteiger partial charge is 0.391 e. The predicted octanol–water partition coefficient (Wildman–Crippen LogP) is 1.88. The molecule has 0 aliphatic carbocycles. The monoisotopic (exact) mass is 413 g/mol. The maximum Gasteiger partial charge on any atom is 0.261 e. The first-order valence-electron chi connectivity index (χ1n) is 7.73. The van der Waals surface area contributed by atoms with Crippen molar-refractivity contribution in [1.29, 1.82) is 0 Å². The molecule has 0 saturated carbocycles. The first kappa shape index (κ1) is 17.5. The topological polar surface area (TPSA) is 84.2 Å². The predicted molar refractivity (Wildman–Crippen MR) is 95.4 cm³/mol. The fraction of sp³-hybridized carbons (Fsp3) is 0.438. The van der Waals surface area contributed by atoms with Crippen LogP contribution < -0.4 is 10.9 Å². The Morgan fingerprint density at radius 1 is 1.50 bits per heavy atom. The van der Waals surface area contributed by atoms with Crippen LogP contribution in [-0.4, -0.2) is 39.1 Å². The number of fused-ring (bicyclic) bond motifs is 1. The second kappa shape index (κ2) is 7.31. The number of aliphatic hydroxyl groups excluding tert-OH is 1. The third-order valence-electron chi connectivity index (χ3n) is 4.21. The third-order valence-corrected chi connectivity index (χ3v) is 5.41. The van der Waals surface area contributed by atoms with E-state index >= 15 is 0 Å². The van der Waals surface area contributed by atoms with Crippen molar-refractivity contribution in [2.75, 3.05) is 6.54 Å². The molecule has 24 heavy (non-hydrogen) atoms. The summed E-state index contributed by atoms with van der Waals surface area (Å²) in [6, 6.07) is 2.97. The lowest BCUT2D eigenvalue weighted by Gasteiger charge is -2.28. The summed E-state index contributed by atoms with van der Waals surface area (Å²) < 4.78 is 1.94. The van der Waals surface area contributed by atoms with Crippen molar-refractivity contribution in [1.82, 2.24) is 14.9 Å². The van der Waals surface area contributed by atoms with Gasteiger partial charge in [0.2, 0.25) is 0 Å². The molecule has 1 aliphatic rings. The number of aliphatic hydroxyl groups is 1. The molecule has 0 amide bonds. The number of rotatable bonds is 4. The molecule has 6 nitrogen and oxygen atoms in total. The minimum atomic E-state index is -0.523. The second-order valence-corrected chi connectivity index (χ2v) is 7.24. The molecule has 2 N–H and O–H groups in total. The molecule has 2 aromatic rings. The van der Waals surface area contributed by atoms with E-state index < -0.39 is 6.10 Å². The van der Waals surface area contributed by atoms with Gasteiger partial charge in [0, 0.05) is 16.9 Å². The van der Waals surface area contributed by atoms with Gasteiger partial charge in [-0.05, 0) is 47.4 Å². The number of nitrogens with one attached hydrogen (secondary N) is 1. The summed E-state index contributed by atoms with van der Waals surface area (Å²) in [4.78, 5) is 29.0. The number of halogens is 2. The van der Waals surface area contributed by atoms with Crippen molar-refractivity contribution in [2.45, 2.75) is 38.0 Å². The quantitative estimate of drug-likeness (QED) is 0.798. The Labute approximate surface area is 152 Å². The number of hydrogen-bond donors (Lipinski definition) is 2. The minimum absolute atomic E-state index is 0.0691. The third kappa shape index (κ3) is 3.69. The van der Waals surface area contributed by atoms with E-state index in [1.54, 1.807) is 12.1 Å². The number of hydrogen-bond acceptors (Lipinski definition) is 5. The van der Waals surface area contributed by atoms with Crippen molar-refractivity contribution >= 4 is 44.2 Å². The van der Waals surface area contributed by atoms with E-state index in [2.05, 4.69) is 26.2 Å². The van der Waals surface area contributed by atoms with Crippen molar-refractivity contribution in [3.05, 3.63) is 38.3 Å². The molecule has 1 fully saturated rings. The zero-order chi connectivity index (χ0) is 17.3. The first-order chi connectivity index (χ1) is 11.5. The Bertz CT molecular complexity index is 839. The Morgan fingerprint density at radius 3 is 3.04 bits per heavy atom. The van der Waals surface area contributed by atoms with Gasteiger partial charge in [-0.15, -0.1) is 0 Å². The number of ketones is 1. The van der Waals surface area contributed by atoms with E-state index in [1.807, 2.05) is 0 Å². The highest BCUT2D eigenvalue weighted by Gasteiger charge is 2.25. The summed E-state index contributed by atoms with van der Waals surface area (Å²) in [6.45, 7) is 0.722. The van der Waals surface area contributed by atoms with Gasteiger partial charge in [-0.3, -0.25) is 14.2 Å². The second-order valence-electron chi connectivity index (χ2n) is 5.97. The number of carbonyl (C=O) groups is 1. The zero-order valence-electron chi connectivity index (χ0n) is 12.8. The molecular weight excluding hydrogens is 398 g/mol. The van der Waals surface area contributed by atoms with Gasteiger partial charge in [0.15, 0.2) is 5.78 Å². The molecule has 0 spiro atoms. The van der Waals surface area contributed by atoms with Crippen LogP contribution in [0.4, 0.5) is 0 Å². The fourth-order valence-corrected chi connectivity index (χ4v) is 3.40. The van der Waals surface area contributed by atoms with E-state index in [0.717, 1.165) is 13.0 Å². The summed E-state index contributed by atoms with van der Waals surface area (Å²) in [5, 5.41) is 13.9. The Morgan fingerprint density at radius 2 is 2.29 bits per heavy atom. The molecule has 128 valence electrons. The van der Waals surface area contributed by atoms with Gasteiger partial charge in [0.1, 0.15) is 0 Å². The normalized spacial score (nSPS) is 21.1. The molecule has 1 unspecified atom stereocenters. The molecular formula is C16H17BrClN3O3. The van der Waals surface area contributed by atoms with Crippen LogP contribution in [0, 0.1) is 0 Å². The Balaban J connectivity index is 1.79. The average Bonchev–Trinajstić information content (AvgIpc) is 2.54. The van der Waals surface area contributed by atoms with Crippen LogP contribution >= 0.6 is 27.5 Å². The van der Waals surface area contributed by atoms with E-state index in [-0.39, 0.29) is 30.3 Å². The van der Waals surface area contributed by atoms with Crippen molar-refractivity contribution < 1.29 is 9.90 Å². The minimum Gasteiger partial charge on any atom is -0.391 e. The van der Waals surface area contributed by atoms with Crippen molar-refractivity contribution in [3.63, 3.8) is 0 Å². The molecule has 1 saturated heterocycles. The number of Topliss-reactive ketones (excluding diaryl/α,β-unsaturated/α-hetero) is 1. The molecule has 0 radical (unpaired) electrons. The van der Waals surface area contributed by atoms with E-state index in [0.29, 0.717) is 26.8 Å². The maximum atomic E-state index is 12.5. The molecule has 1 aromatic heterocycles. The van der Waals surface area contributed by atoms with Crippen molar-refractivity contribution in [3.8, 4) is 0 Å². The summed E-state index contributed by atoms with van der Waals surface area (Å²) in [6.07, 6.45) is 2.62. The van der Waals surface area contributed by atoms with Gasteiger partial charge < -0.3 is 10.4 Å². The number of nitrogens with zero attached hydrogens (tertiary/aromatic N) is 2. The standard InChI is InChI=1S/C16H17BrClN3O3/c17-11-6-13-10(5-12(11)18)16(24)21(8-20-13)7-9(22)4-14-15(23)2-1-3-19-14/h5-6,8,14-15,19,23H,1-4,7H2/t14-,15?/m0/s1. The first-order valence-corrected chi connectivity index (χ1v) is 8.90. The molecule has 1 aliphatic heterocycles. The molecule has 3 rings (SSSR count). The molecule has 2 heterocycles. The molecule has 1 aromatic carbocycles. The lowest BCUT2D eigenvalue weighted by Crippen LogP contribution is -2.46. The van der Waals surface area contributed by atoms with Gasteiger partial charge in [-0.2, -0.15) is 0 Å². The zero-order valence-corrected chi connectivity index (χ0v) is 15.2. The average molecular weight is 415 g/mol. The van der Waals surface area contributed by atoms with Gasteiger partial charge >= 0.3 is 0 Å². The van der Waals surface area contributed by atoms with Crippen molar-refractivity contribution in [2.24, 2.45) is 0 Å². The molecule has 2 atom stereocenters. The summed E-state index contributed by atoms with van der Waals surface area (Å²) in [7, 11) is 0. The van der Waals surface area contributed by atoms with Crippen LogP contribution in [0.1, 0.15) is 19.3 Å². The van der Waals surface area contributed by atoms with Gasteiger partial charge in [-0.25, -0.2) is 4.98 Å². The lowest BCUT2D eigenvalue weighted by molar-refractivity contribution is -0.121.